The molecule has 12 nitrogen and oxygen atoms in total. The number of hydrogen-bond acceptors (Lipinski definition) is 10. The van der Waals surface area contributed by atoms with E-state index >= 15 is 0 Å². The molecule has 0 aliphatic heterocycles. The number of anilines is 1. The van der Waals surface area contributed by atoms with Crippen LogP contribution in [-0.4, -0.2) is 67.3 Å². The largest absolute Gasteiger partial charge is 0.463 e. The van der Waals surface area contributed by atoms with Crippen molar-refractivity contribution in [1.82, 2.24) is 19.5 Å². The third kappa shape index (κ3) is 15.1. The number of rotatable bonds is 24. The topological polar surface area (TPSA) is 172 Å². The van der Waals surface area contributed by atoms with E-state index in [1.165, 1.54) is 70.5 Å². The monoisotopic (exact) mass is 599 g/mol. The van der Waals surface area contributed by atoms with Gasteiger partial charge in [0.15, 0.2) is 11.5 Å². The Morgan fingerprint density at radius 2 is 1.59 bits per heavy atom. The zero-order valence-electron chi connectivity index (χ0n) is 24.8. The lowest BCUT2D eigenvalue weighted by Gasteiger charge is -2.18. The van der Waals surface area contributed by atoms with Crippen molar-refractivity contribution < 1.29 is 33.4 Å². The Kier molecular flexibility index (Phi) is 17.0. The minimum atomic E-state index is -4.13. The van der Waals surface area contributed by atoms with Crippen LogP contribution >= 0.6 is 7.60 Å². The first-order valence-electron chi connectivity index (χ1n) is 15.0. The van der Waals surface area contributed by atoms with Gasteiger partial charge < -0.3 is 34.3 Å². The third-order valence-corrected chi connectivity index (χ3v) is 7.82. The average Bonchev–Trinajstić information content (AvgIpc) is 3.36. The predicted molar refractivity (Wildman–Crippen MR) is 158 cm³/mol. The van der Waals surface area contributed by atoms with Gasteiger partial charge in [-0.2, -0.15) is 0 Å². The summed E-state index contributed by atoms with van der Waals surface area (Å²) >= 11 is 0. The first kappa shape index (κ1) is 35.1. The van der Waals surface area contributed by atoms with Gasteiger partial charge in [-0.3, -0.25) is 9.36 Å². The zero-order valence-corrected chi connectivity index (χ0v) is 25.7. The van der Waals surface area contributed by atoms with Crippen LogP contribution < -0.4 is 5.73 Å². The lowest BCUT2D eigenvalue weighted by Crippen LogP contribution is -2.24. The van der Waals surface area contributed by atoms with Crippen LogP contribution in [0.15, 0.2) is 12.7 Å². The second-order valence-electron chi connectivity index (χ2n) is 10.7. The molecule has 2 heterocycles. The number of aliphatic hydroxyl groups excluding tert-OH is 1. The molecule has 2 aromatic heterocycles. The molecule has 0 amide bonds. The normalized spacial score (nSPS) is 14.6. The summed E-state index contributed by atoms with van der Waals surface area (Å²) in [5, 5.41) is 10.0. The molecule has 0 saturated heterocycles. The van der Waals surface area contributed by atoms with E-state index in [-0.39, 0.29) is 12.4 Å². The number of unbranched alkanes of at least 4 members (excludes halogenated alkanes) is 12. The number of hydrogen-bond donors (Lipinski definition) is 3. The van der Waals surface area contributed by atoms with Gasteiger partial charge in [0.1, 0.15) is 30.9 Å². The van der Waals surface area contributed by atoms with Crippen molar-refractivity contribution >= 4 is 30.5 Å². The Balaban J connectivity index is 1.48. The standard InChI is InChI=1S/C28H50N5O7P/c1-3-4-5-6-7-8-9-10-11-12-13-14-15-16-25(35)38-18-24(34)19-40-41(36,37)22-39-23(2)17-33-21-32-26-27(29)30-20-31-28(26)33/h20-21,23-24,34H,3-19,22H2,1-2H3,(H,36,37)(H2,29,30,31)/t23-,24?/m1/s1. The van der Waals surface area contributed by atoms with Crippen LogP contribution in [0.4, 0.5) is 5.82 Å². The highest BCUT2D eigenvalue weighted by Gasteiger charge is 2.24. The van der Waals surface area contributed by atoms with E-state index in [1.807, 2.05) is 0 Å². The molecule has 0 spiro atoms. The number of imidazole rings is 1. The maximum atomic E-state index is 12.3. The van der Waals surface area contributed by atoms with Gasteiger partial charge in [-0.1, -0.05) is 84.0 Å². The first-order valence-corrected chi connectivity index (χ1v) is 16.8. The predicted octanol–water partition coefficient (Wildman–Crippen LogP) is 5.36. The number of esters is 1. The molecule has 2 rings (SSSR count). The zero-order chi connectivity index (χ0) is 29.9. The molecule has 0 aliphatic rings. The van der Waals surface area contributed by atoms with E-state index in [0.717, 1.165) is 19.3 Å². The molecule has 2 aromatic rings. The van der Waals surface area contributed by atoms with E-state index < -0.39 is 38.7 Å². The van der Waals surface area contributed by atoms with Crippen molar-refractivity contribution in [2.24, 2.45) is 0 Å². The Hall–Kier alpha value is -2.11. The number of nitrogens with zero attached hydrogens (tertiary/aromatic N) is 4. The molecule has 0 bridgehead atoms. The average molecular weight is 600 g/mol. The van der Waals surface area contributed by atoms with Crippen molar-refractivity contribution in [3.8, 4) is 0 Å². The number of carbonyl (C=O) groups excluding carboxylic acids is 1. The number of nitrogens with two attached hydrogens (primary N) is 1. The molecule has 0 saturated carbocycles. The van der Waals surface area contributed by atoms with Gasteiger partial charge in [0.25, 0.3) is 0 Å². The van der Waals surface area contributed by atoms with Crippen molar-refractivity contribution in [3.05, 3.63) is 12.7 Å². The molecule has 0 fully saturated rings. The molecule has 0 radical (unpaired) electrons. The molecular weight excluding hydrogens is 549 g/mol. The van der Waals surface area contributed by atoms with Gasteiger partial charge in [-0.05, 0) is 13.3 Å². The fraction of sp³-hybridized carbons (Fsp3) is 0.786. The Morgan fingerprint density at radius 3 is 2.22 bits per heavy atom. The summed E-state index contributed by atoms with van der Waals surface area (Å²) in [5.41, 5.74) is 6.78. The second-order valence-corrected chi connectivity index (χ2v) is 12.5. The molecular formula is C28H50N5O7P. The second kappa shape index (κ2) is 19.9. The van der Waals surface area contributed by atoms with Crippen LogP contribution in [-0.2, 0) is 29.9 Å². The number of ether oxygens (including phenoxy) is 2. The highest BCUT2D eigenvalue weighted by Crippen LogP contribution is 2.42. The summed E-state index contributed by atoms with van der Waals surface area (Å²) in [5.74, 6) is -0.130. The highest BCUT2D eigenvalue weighted by atomic mass is 31.2. The van der Waals surface area contributed by atoms with Crippen molar-refractivity contribution in [2.45, 2.75) is 122 Å². The van der Waals surface area contributed by atoms with E-state index in [2.05, 4.69) is 21.9 Å². The molecule has 13 heteroatoms. The fourth-order valence-electron chi connectivity index (χ4n) is 4.42. The number of aromatic nitrogens is 4. The van der Waals surface area contributed by atoms with Crippen molar-refractivity contribution in [1.29, 1.82) is 0 Å². The summed E-state index contributed by atoms with van der Waals surface area (Å²) in [6.45, 7) is 3.52. The Morgan fingerprint density at radius 1 is 0.976 bits per heavy atom. The molecule has 0 aromatic carbocycles. The SMILES string of the molecule is CCCCCCCCCCCCCCCC(=O)OCC(O)COP(=O)(O)CO[C@H](C)Cn1cnc2c(N)ncnc21. The van der Waals surface area contributed by atoms with Gasteiger partial charge in [0.2, 0.25) is 0 Å². The summed E-state index contributed by atoms with van der Waals surface area (Å²) in [6.07, 6.45) is 16.9. The summed E-state index contributed by atoms with van der Waals surface area (Å²) in [7, 11) is -4.13. The van der Waals surface area contributed by atoms with Crippen LogP contribution in [0, 0.1) is 0 Å². The molecule has 2 unspecified atom stereocenters. The summed E-state index contributed by atoms with van der Waals surface area (Å²) in [4.78, 5) is 34.2. The minimum absolute atomic E-state index is 0.263. The first-order chi connectivity index (χ1) is 19.7. The number of aliphatic hydroxyl groups is 1. The van der Waals surface area contributed by atoms with E-state index in [1.54, 1.807) is 17.8 Å². The highest BCUT2D eigenvalue weighted by molar-refractivity contribution is 7.52. The summed E-state index contributed by atoms with van der Waals surface area (Å²) < 4.78 is 29.5. The lowest BCUT2D eigenvalue weighted by atomic mass is 10.0. The smallest absolute Gasteiger partial charge is 0.353 e. The maximum Gasteiger partial charge on any atom is 0.353 e. The van der Waals surface area contributed by atoms with Gasteiger partial charge >= 0.3 is 13.6 Å². The quantitative estimate of drug-likeness (QED) is 0.0806. The molecule has 41 heavy (non-hydrogen) atoms. The minimum Gasteiger partial charge on any atom is -0.463 e. The fourth-order valence-corrected chi connectivity index (χ4v) is 5.34. The van der Waals surface area contributed by atoms with Gasteiger partial charge in [-0.15, -0.1) is 0 Å². The van der Waals surface area contributed by atoms with E-state index in [0.29, 0.717) is 24.1 Å². The van der Waals surface area contributed by atoms with Crippen LogP contribution in [0.5, 0.6) is 0 Å². The van der Waals surface area contributed by atoms with Crippen LogP contribution in [0.3, 0.4) is 0 Å². The van der Waals surface area contributed by atoms with Crippen molar-refractivity contribution in [2.75, 3.05) is 25.3 Å². The molecule has 3 atom stereocenters. The Bertz CT molecular complexity index is 1050. The van der Waals surface area contributed by atoms with E-state index in [4.69, 9.17) is 19.7 Å². The van der Waals surface area contributed by atoms with Gasteiger partial charge in [0.05, 0.1) is 25.6 Å². The van der Waals surface area contributed by atoms with Crippen molar-refractivity contribution in [3.63, 3.8) is 0 Å². The van der Waals surface area contributed by atoms with Crippen LogP contribution in [0.25, 0.3) is 11.2 Å². The van der Waals surface area contributed by atoms with E-state index in [9.17, 15) is 19.4 Å². The van der Waals surface area contributed by atoms with Gasteiger partial charge in [-0.25, -0.2) is 15.0 Å². The number of carbonyl (C=O) groups is 1. The molecule has 0 aliphatic carbocycles. The maximum absolute atomic E-state index is 12.3. The number of fused-ring (bicyclic) bond motifs is 1. The molecule has 4 N–H and O–H groups in total. The van der Waals surface area contributed by atoms with Crippen LogP contribution in [0.1, 0.15) is 104 Å². The van der Waals surface area contributed by atoms with Gasteiger partial charge in [0, 0.05) is 6.42 Å². The Labute approximate surface area is 243 Å². The van der Waals surface area contributed by atoms with Crippen LogP contribution in [0.2, 0.25) is 0 Å². The molecule has 234 valence electrons. The summed E-state index contributed by atoms with van der Waals surface area (Å²) in [6, 6.07) is 0. The third-order valence-electron chi connectivity index (χ3n) is 6.80. The number of nitrogen functional groups attached to an aromatic ring is 1. The lowest BCUT2D eigenvalue weighted by molar-refractivity contribution is -0.147.